The fourth-order valence-corrected chi connectivity index (χ4v) is 9.52. The molecule has 0 aromatic heterocycles. The van der Waals surface area contributed by atoms with Gasteiger partial charge in [0.2, 0.25) is 0 Å². The van der Waals surface area contributed by atoms with Crippen molar-refractivity contribution in [3.8, 4) is 23.6 Å². The van der Waals surface area contributed by atoms with Gasteiger partial charge in [0, 0.05) is 66.1 Å². The number of hydrogen-bond donors (Lipinski definition) is 0. The Hall–Kier alpha value is -4.88. The quantitative estimate of drug-likeness (QED) is 0.276. The summed E-state index contributed by atoms with van der Waals surface area (Å²) in [6, 6.07) is 13.0. The third kappa shape index (κ3) is 5.94. The summed E-state index contributed by atoms with van der Waals surface area (Å²) < 4.78 is 18.3. The van der Waals surface area contributed by atoms with Crippen LogP contribution in [0.15, 0.2) is 83.4 Å². The van der Waals surface area contributed by atoms with Crippen LogP contribution in [0.4, 0.5) is 11.4 Å². The van der Waals surface area contributed by atoms with Gasteiger partial charge in [0.05, 0.1) is 14.2 Å². The van der Waals surface area contributed by atoms with Crippen molar-refractivity contribution in [2.45, 2.75) is 89.9 Å². The highest BCUT2D eigenvalue weighted by Crippen LogP contribution is 2.55. The maximum absolute atomic E-state index is 9.86. The fourth-order valence-electron chi connectivity index (χ4n) is 9.52. The minimum atomic E-state index is -0.149. The van der Waals surface area contributed by atoms with Gasteiger partial charge in [-0.05, 0) is 82.1 Å². The molecule has 0 spiro atoms. The van der Waals surface area contributed by atoms with Crippen LogP contribution in [0, 0.1) is 34.5 Å². The Labute approximate surface area is 316 Å². The largest absolute Gasteiger partial charge is 0.496 e. The van der Waals surface area contributed by atoms with Gasteiger partial charge in [0.25, 0.3) is 0 Å². The van der Waals surface area contributed by atoms with Crippen LogP contribution in [-0.4, -0.2) is 40.4 Å². The lowest BCUT2D eigenvalue weighted by Gasteiger charge is -2.51. The summed E-state index contributed by atoms with van der Waals surface area (Å²) in [6.45, 7) is 22.4. The number of benzene rings is 2. The molecule has 2 unspecified atom stereocenters. The highest BCUT2D eigenvalue weighted by Gasteiger charge is 2.46. The highest BCUT2D eigenvalue weighted by molar-refractivity contribution is 5.73. The molecular weight excluding hydrogens is 657 g/mol. The second kappa shape index (κ2) is 12.9. The van der Waals surface area contributed by atoms with Gasteiger partial charge in [-0.25, -0.2) is 0 Å². The van der Waals surface area contributed by atoms with Gasteiger partial charge in [0.15, 0.2) is 0 Å². The first-order valence-electron chi connectivity index (χ1n) is 19.0. The number of ether oxygens (including phenoxy) is 3. The smallest absolute Gasteiger partial charge is 0.137 e. The summed E-state index contributed by atoms with van der Waals surface area (Å²) in [6.07, 6.45) is 14.3. The fraction of sp³-hybridized carbons (Fsp3) is 0.478. The Bertz CT molecular complexity index is 1950. The van der Waals surface area contributed by atoms with E-state index in [1.54, 1.807) is 14.2 Å². The zero-order valence-corrected chi connectivity index (χ0v) is 33.2. The molecule has 0 saturated heterocycles. The third-order valence-corrected chi connectivity index (χ3v) is 13.1. The van der Waals surface area contributed by atoms with Crippen LogP contribution in [-0.2, 0) is 26.4 Å². The summed E-state index contributed by atoms with van der Waals surface area (Å²) in [5.41, 5.74) is 8.33. The first-order valence-corrected chi connectivity index (χ1v) is 19.0. The summed E-state index contributed by atoms with van der Waals surface area (Å²) in [5.74, 6) is 3.56. The molecule has 2 aromatic rings. The van der Waals surface area contributed by atoms with Crippen LogP contribution >= 0.6 is 0 Å². The molecule has 5 heterocycles. The number of hydrogen-bond acceptors (Lipinski definition) is 7. The summed E-state index contributed by atoms with van der Waals surface area (Å²) in [5, 5.41) is 19.7. The van der Waals surface area contributed by atoms with Crippen molar-refractivity contribution in [2.24, 2.45) is 11.8 Å². The lowest BCUT2D eigenvalue weighted by Crippen LogP contribution is -2.49. The number of anilines is 2. The van der Waals surface area contributed by atoms with Crippen LogP contribution in [0.5, 0.6) is 11.5 Å². The van der Waals surface area contributed by atoms with Gasteiger partial charge in [-0.2, -0.15) is 10.5 Å². The summed E-state index contributed by atoms with van der Waals surface area (Å²) in [4.78, 5) is 5.06. The van der Waals surface area contributed by atoms with E-state index >= 15 is 0 Å². The zero-order chi connectivity index (χ0) is 38.1. The Morgan fingerprint density at radius 2 is 1.11 bits per heavy atom. The molecule has 0 N–H and O–H groups in total. The first-order chi connectivity index (χ1) is 25.1. The van der Waals surface area contributed by atoms with E-state index in [1.165, 1.54) is 33.6 Å². The molecule has 276 valence electrons. The SMILES string of the molecule is COc1ccc2c3c1C(C)(C)CCN3CC(C=CC1=CC(=C(C#N)C#N)C=C(C=CC3CN4CCC(C)(C)c5c(OC)ccc(c54)C3(C)C)O1)C2(C)C. The summed E-state index contributed by atoms with van der Waals surface area (Å²) in [7, 11) is 3.54. The lowest BCUT2D eigenvalue weighted by molar-refractivity contribution is 0.317. The first kappa shape index (κ1) is 36.5. The van der Waals surface area contributed by atoms with E-state index in [-0.39, 0.29) is 39.1 Å². The second-order valence-corrected chi connectivity index (χ2v) is 17.9. The molecule has 5 aliphatic rings. The molecule has 0 radical (unpaired) electrons. The van der Waals surface area contributed by atoms with E-state index in [0.29, 0.717) is 17.1 Å². The van der Waals surface area contributed by atoms with Crippen molar-refractivity contribution in [3.63, 3.8) is 0 Å². The molecule has 7 rings (SSSR count). The molecule has 2 atom stereocenters. The van der Waals surface area contributed by atoms with Gasteiger partial charge in [0.1, 0.15) is 40.7 Å². The molecular formula is C46H54N4O3. The van der Waals surface area contributed by atoms with Gasteiger partial charge in [-0.1, -0.05) is 79.7 Å². The number of nitriles is 2. The molecule has 0 bridgehead atoms. The molecule has 0 aliphatic carbocycles. The third-order valence-electron chi connectivity index (χ3n) is 13.1. The molecule has 53 heavy (non-hydrogen) atoms. The minimum Gasteiger partial charge on any atom is -0.496 e. The van der Waals surface area contributed by atoms with Gasteiger partial charge >= 0.3 is 0 Å². The van der Waals surface area contributed by atoms with Crippen molar-refractivity contribution >= 4 is 11.4 Å². The molecule has 7 nitrogen and oxygen atoms in total. The molecule has 0 amide bonds. The van der Waals surface area contributed by atoms with E-state index < -0.39 is 0 Å². The molecule has 5 aliphatic heterocycles. The minimum absolute atomic E-state index is 0.0300. The maximum atomic E-state index is 9.86. The van der Waals surface area contributed by atoms with E-state index in [4.69, 9.17) is 14.2 Å². The van der Waals surface area contributed by atoms with Crippen molar-refractivity contribution in [2.75, 3.05) is 50.2 Å². The molecule has 2 aromatic carbocycles. The van der Waals surface area contributed by atoms with Gasteiger partial charge in [-0.3, -0.25) is 0 Å². The van der Waals surface area contributed by atoms with Crippen LogP contribution in [0.3, 0.4) is 0 Å². The van der Waals surface area contributed by atoms with E-state index in [2.05, 4.69) is 114 Å². The van der Waals surface area contributed by atoms with Crippen molar-refractivity contribution in [1.29, 1.82) is 10.5 Å². The Kier molecular flexibility index (Phi) is 8.88. The topological polar surface area (TPSA) is 81.8 Å². The number of rotatable bonds is 6. The normalized spacial score (nSPS) is 24.3. The molecule has 7 heteroatoms. The van der Waals surface area contributed by atoms with Crippen LogP contribution in [0.2, 0.25) is 0 Å². The predicted octanol–water partition coefficient (Wildman–Crippen LogP) is 9.45. The van der Waals surface area contributed by atoms with Crippen molar-refractivity contribution in [3.05, 3.63) is 106 Å². The lowest BCUT2D eigenvalue weighted by atomic mass is 9.65. The standard InChI is InChI=1S/C46H54N4O3/c1-43(2)19-21-49-27-31(45(5,6)35-15-17-37(51-9)39(43)41(35)49)11-13-33-23-29(30(25-47)26-48)24-34(53-33)14-12-32-28-50-22-20-44(3,4)40-38(52-10)18-16-36(42(40)50)46(32,7)8/h11-18,23-24,31-32H,19-22,27-28H2,1-10H3. The Morgan fingerprint density at radius 1 is 0.698 bits per heavy atom. The molecule has 0 saturated carbocycles. The zero-order valence-electron chi connectivity index (χ0n) is 33.2. The number of nitrogens with zero attached hydrogens (tertiary/aromatic N) is 4. The van der Waals surface area contributed by atoms with E-state index in [9.17, 15) is 10.5 Å². The number of allylic oxidation sites excluding steroid dienone is 6. The van der Waals surface area contributed by atoms with Crippen LogP contribution < -0.4 is 19.3 Å². The van der Waals surface area contributed by atoms with E-state index in [1.807, 2.05) is 24.3 Å². The van der Waals surface area contributed by atoms with Crippen LogP contribution in [0.1, 0.15) is 90.5 Å². The van der Waals surface area contributed by atoms with Crippen LogP contribution in [0.25, 0.3) is 0 Å². The van der Waals surface area contributed by atoms with Crippen molar-refractivity contribution < 1.29 is 14.2 Å². The highest BCUT2D eigenvalue weighted by atomic mass is 16.5. The second-order valence-electron chi connectivity index (χ2n) is 17.9. The van der Waals surface area contributed by atoms with Gasteiger partial charge < -0.3 is 24.0 Å². The van der Waals surface area contributed by atoms with Crippen molar-refractivity contribution in [1.82, 2.24) is 0 Å². The monoisotopic (exact) mass is 710 g/mol. The van der Waals surface area contributed by atoms with Gasteiger partial charge in [-0.15, -0.1) is 0 Å². The predicted molar refractivity (Wildman–Crippen MR) is 213 cm³/mol. The Balaban J connectivity index is 1.19. The molecule has 0 fully saturated rings. The maximum Gasteiger partial charge on any atom is 0.137 e. The number of methoxy groups -OCH3 is 2. The summed E-state index contributed by atoms with van der Waals surface area (Å²) >= 11 is 0. The average Bonchev–Trinajstić information content (AvgIpc) is 3.12. The van der Waals surface area contributed by atoms with E-state index in [0.717, 1.165) is 50.5 Å². The average molecular weight is 711 g/mol. The Morgan fingerprint density at radius 3 is 1.49 bits per heavy atom.